The van der Waals surface area contributed by atoms with Gasteiger partial charge in [0.1, 0.15) is 0 Å². The van der Waals surface area contributed by atoms with Crippen molar-refractivity contribution in [3.8, 4) is 0 Å². The average molecular weight is 205 g/mol. The minimum absolute atomic E-state index is 0.271. The van der Waals surface area contributed by atoms with Gasteiger partial charge < -0.3 is 10.5 Å². The standard InChI is InChI=1S/C8H13F2N3O/c1-5(14-8(9)10)4-13-6(2)7(11)3-12-13/h3,5,8H,4,11H2,1-2H3/t5-/m1/s1. The molecule has 1 heterocycles. The van der Waals surface area contributed by atoms with Crippen LogP contribution in [0.5, 0.6) is 0 Å². The number of halogens is 2. The lowest BCUT2D eigenvalue weighted by atomic mass is 10.3. The molecule has 1 rings (SSSR count). The topological polar surface area (TPSA) is 53.1 Å². The van der Waals surface area contributed by atoms with Crippen LogP contribution in [-0.2, 0) is 11.3 Å². The zero-order chi connectivity index (χ0) is 10.7. The van der Waals surface area contributed by atoms with Gasteiger partial charge in [-0.1, -0.05) is 0 Å². The molecule has 0 aromatic carbocycles. The predicted octanol–water partition coefficient (Wildman–Crippen LogP) is 1.40. The molecule has 0 saturated heterocycles. The van der Waals surface area contributed by atoms with E-state index in [9.17, 15) is 8.78 Å². The second-order valence-electron chi connectivity index (χ2n) is 3.07. The molecular weight excluding hydrogens is 192 g/mol. The maximum Gasteiger partial charge on any atom is 0.345 e. The van der Waals surface area contributed by atoms with E-state index >= 15 is 0 Å². The highest BCUT2D eigenvalue weighted by molar-refractivity contribution is 5.39. The van der Waals surface area contributed by atoms with Gasteiger partial charge in [-0.05, 0) is 13.8 Å². The molecule has 1 aromatic heterocycles. The Morgan fingerprint density at radius 3 is 2.71 bits per heavy atom. The highest BCUT2D eigenvalue weighted by atomic mass is 19.3. The largest absolute Gasteiger partial charge is 0.396 e. The predicted molar refractivity (Wildman–Crippen MR) is 47.9 cm³/mol. The summed E-state index contributed by atoms with van der Waals surface area (Å²) in [7, 11) is 0. The number of hydrogen-bond donors (Lipinski definition) is 1. The molecule has 2 N–H and O–H groups in total. The van der Waals surface area contributed by atoms with E-state index in [2.05, 4.69) is 9.84 Å². The van der Waals surface area contributed by atoms with Crippen molar-refractivity contribution in [1.82, 2.24) is 9.78 Å². The van der Waals surface area contributed by atoms with Crippen LogP contribution in [0, 0.1) is 6.92 Å². The Labute approximate surface area is 80.6 Å². The number of ether oxygens (including phenoxy) is 1. The van der Waals surface area contributed by atoms with Crippen molar-refractivity contribution in [3.05, 3.63) is 11.9 Å². The van der Waals surface area contributed by atoms with Gasteiger partial charge in [-0.25, -0.2) is 0 Å². The zero-order valence-electron chi connectivity index (χ0n) is 8.08. The maximum absolute atomic E-state index is 11.8. The third-order valence-corrected chi connectivity index (χ3v) is 1.91. The van der Waals surface area contributed by atoms with Crippen LogP contribution in [0.25, 0.3) is 0 Å². The second-order valence-corrected chi connectivity index (χ2v) is 3.07. The lowest BCUT2D eigenvalue weighted by molar-refractivity contribution is -0.161. The molecule has 0 aliphatic carbocycles. The van der Waals surface area contributed by atoms with Gasteiger partial charge >= 0.3 is 6.61 Å². The Balaban J connectivity index is 2.56. The summed E-state index contributed by atoms with van der Waals surface area (Å²) in [5.41, 5.74) is 6.85. The SMILES string of the molecule is Cc1c(N)cnn1C[C@@H](C)OC(F)F. The van der Waals surface area contributed by atoms with Crippen LogP contribution < -0.4 is 5.73 Å². The van der Waals surface area contributed by atoms with Crippen molar-refractivity contribution in [3.63, 3.8) is 0 Å². The van der Waals surface area contributed by atoms with Crippen molar-refractivity contribution >= 4 is 5.69 Å². The summed E-state index contributed by atoms with van der Waals surface area (Å²) in [4.78, 5) is 0. The van der Waals surface area contributed by atoms with Gasteiger partial charge in [0.05, 0.1) is 30.2 Å². The third-order valence-electron chi connectivity index (χ3n) is 1.91. The molecule has 1 aromatic rings. The van der Waals surface area contributed by atoms with Gasteiger partial charge in [-0.2, -0.15) is 13.9 Å². The maximum atomic E-state index is 11.8. The van der Waals surface area contributed by atoms with E-state index in [-0.39, 0.29) is 6.54 Å². The Morgan fingerprint density at radius 2 is 2.29 bits per heavy atom. The molecule has 80 valence electrons. The molecule has 0 aliphatic rings. The van der Waals surface area contributed by atoms with Crippen LogP contribution in [0.3, 0.4) is 0 Å². The normalized spacial score (nSPS) is 13.5. The van der Waals surface area contributed by atoms with Gasteiger partial charge in [-0.3, -0.25) is 4.68 Å². The fraction of sp³-hybridized carbons (Fsp3) is 0.625. The molecular formula is C8H13F2N3O. The average Bonchev–Trinajstić information content (AvgIpc) is 2.34. The molecule has 0 fully saturated rings. The van der Waals surface area contributed by atoms with E-state index in [0.29, 0.717) is 5.69 Å². The Kier molecular flexibility index (Phi) is 3.40. The quantitative estimate of drug-likeness (QED) is 0.808. The van der Waals surface area contributed by atoms with E-state index in [1.165, 1.54) is 6.20 Å². The van der Waals surface area contributed by atoms with Crippen LogP contribution in [-0.4, -0.2) is 22.5 Å². The van der Waals surface area contributed by atoms with Crippen molar-refractivity contribution in [2.75, 3.05) is 5.73 Å². The molecule has 6 heteroatoms. The molecule has 1 atom stereocenters. The lowest BCUT2D eigenvalue weighted by Gasteiger charge is -2.13. The number of nitrogen functional groups attached to an aromatic ring is 1. The minimum atomic E-state index is -2.75. The number of rotatable bonds is 4. The number of aromatic nitrogens is 2. The molecule has 0 bridgehead atoms. The van der Waals surface area contributed by atoms with Crippen LogP contribution >= 0.6 is 0 Å². The van der Waals surface area contributed by atoms with Crippen molar-refractivity contribution in [1.29, 1.82) is 0 Å². The van der Waals surface area contributed by atoms with Crippen molar-refractivity contribution in [2.45, 2.75) is 33.1 Å². The van der Waals surface area contributed by atoms with E-state index < -0.39 is 12.7 Å². The fourth-order valence-corrected chi connectivity index (χ4v) is 1.11. The van der Waals surface area contributed by atoms with Crippen LogP contribution in [0.1, 0.15) is 12.6 Å². The van der Waals surface area contributed by atoms with Gasteiger partial charge in [0.15, 0.2) is 0 Å². The second kappa shape index (κ2) is 4.36. The summed E-state index contributed by atoms with van der Waals surface area (Å²) in [5, 5.41) is 3.93. The Bertz CT molecular complexity index is 301. The van der Waals surface area contributed by atoms with E-state index in [0.717, 1.165) is 5.69 Å². The third kappa shape index (κ3) is 2.66. The summed E-state index contributed by atoms with van der Waals surface area (Å²) in [5.74, 6) is 0. The number of nitrogens with two attached hydrogens (primary N) is 1. The lowest BCUT2D eigenvalue weighted by Crippen LogP contribution is -2.20. The first-order chi connectivity index (χ1) is 6.50. The first kappa shape index (κ1) is 10.9. The highest BCUT2D eigenvalue weighted by Gasteiger charge is 2.12. The molecule has 4 nitrogen and oxygen atoms in total. The zero-order valence-corrected chi connectivity index (χ0v) is 8.08. The van der Waals surface area contributed by atoms with Crippen LogP contribution in [0.4, 0.5) is 14.5 Å². The molecule has 0 unspecified atom stereocenters. The summed E-state index contributed by atoms with van der Waals surface area (Å²) >= 11 is 0. The number of hydrogen-bond acceptors (Lipinski definition) is 3. The molecule has 0 radical (unpaired) electrons. The Morgan fingerprint density at radius 1 is 1.64 bits per heavy atom. The van der Waals surface area contributed by atoms with Gasteiger partial charge in [0.2, 0.25) is 0 Å². The molecule has 0 aliphatic heterocycles. The molecule has 0 spiro atoms. The Hall–Kier alpha value is -1.17. The van der Waals surface area contributed by atoms with E-state index in [1.807, 2.05) is 0 Å². The van der Waals surface area contributed by atoms with E-state index in [1.54, 1.807) is 18.5 Å². The van der Waals surface area contributed by atoms with Crippen LogP contribution in [0.2, 0.25) is 0 Å². The summed E-state index contributed by atoms with van der Waals surface area (Å²) < 4.78 is 29.5. The van der Waals surface area contributed by atoms with E-state index in [4.69, 9.17) is 5.73 Å². The summed E-state index contributed by atoms with van der Waals surface area (Å²) in [6.07, 6.45) is 0.901. The highest BCUT2D eigenvalue weighted by Crippen LogP contribution is 2.10. The number of nitrogens with zero attached hydrogens (tertiary/aromatic N) is 2. The molecule has 0 amide bonds. The van der Waals surface area contributed by atoms with Gasteiger partial charge in [0.25, 0.3) is 0 Å². The molecule has 0 saturated carbocycles. The number of anilines is 1. The van der Waals surface area contributed by atoms with Gasteiger partial charge in [0, 0.05) is 0 Å². The molecule has 14 heavy (non-hydrogen) atoms. The smallest absolute Gasteiger partial charge is 0.345 e. The summed E-state index contributed by atoms with van der Waals surface area (Å²) in [6, 6.07) is 0. The minimum Gasteiger partial charge on any atom is -0.396 e. The fourth-order valence-electron chi connectivity index (χ4n) is 1.11. The number of alkyl halides is 2. The van der Waals surface area contributed by atoms with Crippen molar-refractivity contribution in [2.24, 2.45) is 0 Å². The summed E-state index contributed by atoms with van der Waals surface area (Å²) in [6.45, 7) is 0.854. The first-order valence-corrected chi connectivity index (χ1v) is 4.22. The van der Waals surface area contributed by atoms with Crippen LogP contribution in [0.15, 0.2) is 6.20 Å². The van der Waals surface area contributed by atoms with Crippen molar-refractivity contribution < 1.29 is 13.5 Å². The first-order valence-electron chi connectivity index (χ1n) is 4.22. The van der Waals surface area contributed by atoms with Gasteiger partial charge in [-0.15, -0.1) is 0 Å². The monoisotopic (exact) mass is 205 g/mol.